The predicted octanol–water partition coefficient (Wildman–Crippen LogP) is 1.05. The second kappa shape index (κ2) is 7.38. The minimum atomic E-state index is -0.264. The molecule has 1 heterocycles. The van der Waals surface area contributed by atoms with E-state index in [1.165, 1.54) is 0 Å². The topological polar surface area (TPSA) is 80.7 Å². The summed E-state index contributed by atoms with van der Waals surface area (Å²) in [5, 5.41) is 12.5. The Morgan fingerprint density at radius 1 is 1.48 bits per heavy atom. The van der Waals surface area contributed by atoms with Crippen molar-refractivity contribution >= 4 is 5.91 Å². The molecule has 0 saturated heterocycles. The summed E-state index contributed by atoms with van der Waals surface area (Å²) >= 11 is 0. The fourth-order valence-electron chi connectivity index (χ4n) is 2.51. The quantitative estimate of drug-likeness (QED) is 0.786. The van der Waals surface area contributed by atoms with Gasteiger partial charge in [0.25, 0.3) is 0 Å². The maximum Gasteiger partial charge on any atom is 0.222 e. The van der Waals surface area contributed by atoms with Gasteiger partial charge in [0, 0.05) is 25.8 Å². The highest BCUT2D eigenvalue weighted by Gasteiger charge is 2.35. The Morgan fingerprint density at radius 3 is 2.76 bits per heavy atom. The molecule has 0 aliphatic heterocycles. The number of hydrogen-bond donors (Lipinski definition) is 2. The molecule has 1 aliphatic rings. The lowest BCUT2D eigenvalue weighted by Crippen LogP contribution is -2.41. The summed E-state index contributed by atoms with van der Waals surface area (Å²) in [5.74, 6) is 0.720. The number of methoxy groups -OCH3 is 2. The third-order valence-corrected chi connectivity index (χ3v) is 3.80. The number of aromatic nitrogens is 1. The zero-order valence-electron chi connectivity index (χ0n) is 12.4. The molecule has 0 radical (unpaired) electrons. The van der Waals surface area contributed by atoms with Gasteiger partial charge in [-0.2, -0.15) is 0 Å². The molecule has 0 unspecified atom stereocenters. The van der Waals surface area contributed by atoms with Gasteiger partial charge < -0.3 is 19.9 Å². The smallest absolute Gasteiger partial charge is 0.222 e. The van der Waals surface area contributed by atoms with Gasteiger partial charge in [0.2, 0.25) is 11.8 Å². The number of carbonyl (C=O) groups is 1. The average Bonchev–Trinajstić information content (AvgIpc) is 2.48. The van der Waals surface area contributed by atoms with Gasteiger partial charge in [-0.15, -0.1) is 0 Å². The summed E-state index contributed by atoms with van der Waals surface area (Å²) in [7, 11) is 3.13. The Morgan fingerprint density at radius 2 is 2.24 bits per heavy atom. The lowest BCUT2D eigenvalue weighted by atomic mass is 9.75. The minimum Gasteiger partial charge on any atom is -0.481 e. The normalized spacial score (nSPS) is 22.2. The van der Waals surface area contributed by atoms with Crippen LogP contribution in [0.4, 0.5) is 0 Å². The first kappa shape index (κ1) is 15.7. The second-order valence-corrected chi connectivity index (χ2v) is 5.31. The van der Waals surface area contributed by atoms with Gasteiger partial charge in [-0.05, 0) is 24.3 Å². The summed E-state index contributed by atoms with van der Waals surface area (Å²) in [6, 6.07) is 3.55. The summed E-state index contributed by atoms with van der Waals surface area (Å²) in [6.45, 7) is 0.396. The number of aliphatic hydroxyl groups is 1. The zero-order chi connectivity index (χ0) is 15.2. The highest BCUT2D eigenvalue weighted by Crippen LogP contribution is 2.38. The number of nitrogens with zero attached hydrogens (tertiary/aromatic N) is 1. The Hall–Kier alpha value is -1.66. The zero-order valence-corrected chi connectivity index (χ0v) is 12.4. The lowest BCUT2D eigenvalue weighted by Gasteiger charge is -2.38. The van der Waals surface area contributed by atoms with Crippen LogP contribution in [0.2, 0.25) is 0 Å². The van der Waals surface area contributed by atoms with E-state index in [0.717, 1.165) is 5.56 Å². The molecule has 1 fully saturated rings. The molecule has 1 aromatic heterocycles. The molecule has 116 valence electrons. The largest absolute Gasteiger partial charge is 0.481 e. The molecule has 6 heteroatoms. The molecule has 1 atom stereocenters. The number of pyridine rings is 1. The van der Waals surface area contributed by atoms with E-state index in [-0.39, 0.29) is 24.0 Å². The van der Waals surface area contributed by atoms with Gasteiger partial charge in [-0.3, -0.25) is 4.79 Å². The van der Waals surface area contributed by atoms with Crippen molar-refractivity contribution in [3.63, 3.8) is 0 Å². The molecule has 2 N–H and O–H groups in total. The molecule has 0 spiro atoms. The molecule has 1 aliphatic carbocycles. The van der Waals surface area contributed by atoms with E-state index >= 15 is 0 Å². The first-order valence-electron chi connectivity index (χ1n) is 7.10. The van der Waals surface area contributed by atoms with Gasteiger partial charge in [0.1, 0.15) is 0 Å². The van der Waals surface area contributed by atoms with Crippen LogP contribution in [-0.2, 0) is 9.53 Å². The fourth-order valence-corrected chi connectivity index (χ4v) is 2.51. The van der Waals surface area contributed by atoms with E-state index in [4.69, 9.17) is 9.47 Å². The number of ether oxygens (including phenoxy) is 2. The molecular weight excluding hydrogens is 272 g/mol. The van der Waals surface area contributed by atoms with Crippen LogP contribution in [0.25, 0.3) is 0 Å². The maximum absolute atomic E-state index is 11.9. The van der Waals surface area contributed by atoms with Crippen molar-refractivity contribution in [3.8, 4) is 5.88 Å². The van der Waals surface area contributed by atoms with E-state index < -0.39 is 0 Å². The Bertz CT molecular complexity index is 457. The molecule has 0 bridgehead atoms. The van der Waals surface area contributed by atoms with Gasteiger partial charge in [-0.1, -0.05) is 6.07 Å². The summed E-state index contributed by atoms with van der Waals surface area (Å²) in [5.41, 5.74) is 0.929. The van der Waals surface area contributed by atoms with Gasteiger partial charge in [0.05, 0.1) is 25.9 Å². The summed E-state index contributed by atoms with van der Waals surface area (Å²) < 4.78 is 9.96. The summed E-state index contributed by atoms with van der Waals surface area (Å²) in [4.78, 5) is 16.1. The number of rotatable bonds is 7. The van der Waals surface area contributed by atoms with Gasteiger partial charge >= 0.3 is 0 Å². The number of nitrogens with one attached hydrogen (secondary N) is 1. The van der Waals surface area contributed by atoms with Crippen LogP contribution in [0.15, 0.2) is 18.3 Å². The highest BCUT2D eigenvalue weighted by molar-refractivity contribution is 5.76. The van der Waals surface area contributed by atoms with Crippen LogP contribution in [0.3, 0.4) is 0 Å². The van der Waals surface area contributed by atoms with E-state index in [1.807, 2.05) is 6.07 Å². The Kier molecular flexibility index (Phi) is 5.52. The van der Waals surface area contributed by atoms with Gasteiger partial charge in [0.15, 0.2) is 0 Å². The maximum atomic E-state index is 11.9. The molecule has 1 amide bonds. The number of amides is 1. The van der Waals surface area contributed by atoms with Crippen LogP contribution in [0.5, 0.6) is 5.88 Å². The fraction of sp³-hybridized carbons (Fsp3) is 0.600. The van der Waals surface area contributed by atoms with Crippen molar-refractivity contribution in [2.24, 2.45) is 5.92 Å². The van der Waals surface area contributed by atoms with Crippen molar-refractivity contribution in [3.05, 3.63) is 23.9 Å². The number of hydrogen-bond acceptors (Lipinski definition) is 5. The molecular formula is C15H22N2O4. The minimum absolute atomic E-state index is 0.0564. The molecule has 1 saturated carbocycles. The van der Waals surface area contributed by atoms with Crippen molar-refractivity contribution in [1.82, 2.24) is 10.3 Å². The van der Waals surface area contributed by atoms with Crippen LogP contribution in [0.1, 0.15) is 30.9 Å². The predicted molar refractivity (Wildman–Crippen MR) is 76.9 cm³/mol. The first-order valence-corrected chi connectivity index (χ1v) is 7.10. The Labute approximate surface area is 124 Å². The second-order valence-electron chi connectivity index (χ2n) is 5.31. The standard InChI is InChI=1S/C15H22N2O4/c1-20-6-5-13(19)17-15(11-7-12(18)8-11)10-3-4-14(21-2)16-9-10/h3-4,9,11-12,15,18H,5-8H2,1-2H3,(H,17,19)/t11?,12?,15-/m0/s1. The molecule has 0 aromatic carbocycles. The van der Waals surface area contributed by atoms with Crippen LogP contribution in [0, 0.1) is 5.92 Å². The number of aliphatic hydroxyl groups excluding tert-OH is 1. The number of carbonyl (C=O) groups excluding carboxylic acids is 1. The van der Waals surface area contributed by atoms with E-state index in [9.17, 15) is 9.90 Å². The van der Waals surface area contributed by atoms with Crippen LogP contribution >= 0.6 is 0 Å². The van der Waals surface area contributed by atoms with E-state index in [0.29, 0.717) is 31.7 Å². The van der Waals surface area contributed by atoms with E-state index in [2.05, 4.69) is 10.3 Å². The first-order chi connectivity index (χ1) is 10.1. The average molecular weight is 294 g/mol. The lowest BCUT2D eigenvalue weighted by molar-refractivity contribution is -0.123. The molecule has 21 heavy (non-hydrogen) atoms. The molecule has 6 nitrogen and oxygen atoms in total. The van der Waals surface area contributed by atoms with Crippen molar-refractivity contribution < 1.29 is 19.4 Å². The van der Waals surface area contributed by atoms with Crippen molar-refractivity contribution in [2.45, 2.75) is 31.4 Å². The SMILES string of the molecule is COCCC(=O)N[C@@H](c1ccc(OC)nc1)C1CC(O)C1. The summed E-state index contributed by atoms with van der Waals surface area (Å²) in [6.07, 6.45) is 3.17. The monoisotopic (exact) mass is 294 g/mol. The third-order valence-electron chi connectivity index (χ3n) is 3.80. The molecule has 1 aromatic rings. The van der Waals surface area contributed by atoms with Crippen LogP contribution in [-0.4, -0.2) is 42.9 Å². The molecule has 2 rings (SSSR count). The van der Waals surface area contributed by atoms with Gasteiger partial charge in [-0.25, -0.2) is 4.98 Å². The van der Waals surface area contributed by atoms with Crippen molar-refractivity contribution in [2.75, 3.05) is 20.8 Å². The van der Waals surface area contributed by atoms with E-state index in [1.54, 1.807) is 26.5 Å². The highest BCUT2D eigenvalue weighted by atomic mass is 16.5. The van der Waals surface area contributed by atoms with Crippen molar-refractivity contribution in [1.29, 1.82) is 0 Å². The third kappa shape index (κ3) is 4.15. The van der Waals surface area contributed by atoms with Crippen LogP contribution < -0.4 is 10.1 Å². The Balaban J connectivity index is 2.05.